The second-order valence-electron chi connectivity index (χ2n) is 5.23. The number of amides is 1. The Morgan fingerprint density at radius 3 is 3.05 bits per heavy atom. The minimum Gasteiger partial charge on any atom is -0.497 e. The zero-order chi connectivity index (χ0) is 14.8. The third-order valence-electron chi connectivity index (χ3n) is 3.96. The number of hydrogen-bond donors (Lipinski definition) is 1. The number of aliphatic hydroxyl groups excluding tert-OH is 1. The van der Waals surface area contributed by atoms with Crippen molar-refractivity contribution in [1.82, 2.24) is 9.88 Å². The number of hydrogen-bond acceptors (Lipinski definition) is 4. The molecule has 5 nitrogen and oxygen atoms in total. The summed E-state index contributed by atoms with van der Waals surface area (Å²) in [5.74, 6) is 0.660. The van der Waals surface area contributed by atoms with Crippen LogP contribution in [0.25, 0.3) is 10.9 Å². The van der Waals surface area contributed by atoms with Crippen LogP contribution in [0.3, 0.4) is 0 Å². The van der Waals surface area contributed by atoms with Crippen LogP contribution in [0, 0.1) is 0 Å². The molecule has 3 rings (SSSR count). The van der Waals surface area contributed by atoms with Crippen LogP contribution >= 0.6 is 0 Å². The maximum absolute atomic E-state index is 12.5. The molecule has 2 aromatic rings. The van der Waals surface area contributed by atoms with Crippen LogP contribution in [-0.2, 0) is 0 Å². The average Bonchev–Trinajstić information content (AvgIpc) is 3.01. The fraction of sp³-hybridized carbons (Fsp3) is 0.375. The number of nitrogens with zero attached hydrogens (tertiary/aromatic N) is 2. The molecule has 1 aliphatic heterocycles. The number of pyridine rings is 1. The number of aliphatic hydroxyl groups is 1. The highest BCUT2D eigenvalue weighted by atomic mass is 16.5. The van der Waals surface area contributed by atoms with Crippen molar-refractivity contribution < 1.29 is 14.6 Å². The Hall–Kier alpha value is -2.14. The van der Waals surface area contributed by atoms with Crippen molar-refractivity contribution in [2.24, 2.45) is 0 Å². The molecule has 1 aliphatic rings. The molecule has 0 unspecified atom stereocenters. The first-order valence-corrected chi connectivity index (χ1v) is 7.09. The van der Waals surface area contributed by atoms with Crippen LogP contribution in [0.15, 0.2) is 30.3 Å². The summed E-state index contributed by atoms with van der Waals surface area (Å²) in [5.41, 5.74) is 1.19. The van der Waals surface area contributed by atoms with Gasteiger partial charge in [-0.2, -0.15) is 0 Å². The summed E-state index contributed by atoms with van der Waals surface area (Å²) < 4.78 is 5.18. The van der Waals surface area contributed by atoms with E-state index < -0.39 is 0 Å². The first kappa shape index (κ1) is 13.8. The van der Waals surface area contributed by atoms with Gasteiger partial charge in [0.1, 0.15) is 11.4 Å². The number of carbonyl (C=O) groups excluding carboxylic acids is 1. The summed E-state index contributed by atoms with van der Waals surface area (Å²) in [6.07, 6.45) is 1.79. The molecule has 0 spiro atoms. The molecular weight excluding hydrogens is 268 g/mol. The van der Waals surface area contributed by atoms with Crippen LogP contribution in [0.1, 0.15) is 23.3 Å². The molecular formula is C16H18N2O3. The number of rotatable bonds is 3. The van der Waals surface area contributed by atoms with Gasteiger partial charge in [-0.15, -0.1) is 0 Å². The van der Waals surface area contributed by atoms with Gasteiger partial charge in [0, 0.05) is 11.9 Å². The predicted molar refractivity (Wildman–Crippen MR) is 79.4 cm³/mol. The van der Waals surface area contributed by atoms with Gasteiger partial charge in [0.05, 0.1) is 25.3 Å². The molecule has 1 amide bonds. The zero-order valence-electron chi connectivity index (χ0n) is 12.0. The second-order valence-corrected chi connectivity index (χ2v) is 5.23. The van der Waals surface area contributed by atoms with Gasteiger partial charge >= 0.3 is 0 Å². The third-order valence-corrected chi connectivity index (χ3v) is 3.96. The highest BCUT2D eigenvalue weighted by Gasteiger charge is 2.29. The van der Waals surface area contributed by atoms with Crippen LogP contribution < -0.4 is 4.74 Å². The third kappa shape index (κ3) is 2.56. The van der Waals surface area contributed by atoms with Gasteiger partial charge in [0.2, 0.25) is 0 Å². The summed E-state index contributed by atoms with van der Waals surface area (Å²) >= 11 is 0. The van der Waals surface area contributed by atoms with Gasteiger partial charge in [-0.05, 0) is 37.1 Å². The number of ether oxygens (including phenoxy) is 1. The highest BCUT2D eigenvalue weighted by molar-refractivity contribution is 5.95. The van der Waals surface area contributed by atoms with E-state index in [2.05, 4.69) is 4.98 Å². The van der Waals surface area contributed by atoms with Gasteiger partial charge in [0.15, 0.2) is 0 Å². The van der Waals surface area contributed by atoms with Crippen molar-refractivity contribution >= 4 is 16.8 Å². The molecule has 21 heavy (non-hydrogen) atoms. The van der Waals surface area contributed by atoms with E-state index in [9.17, 15) is 9.90 Å². The number of likely N-dealkylation sites (tertiary alicyclic amines) is 1. The SMILES string of the molecule is COc1ccc2nc(C(=O)N3CCC[C@@H]3CO)ccc2c1. The quantitative estimate of drug-likeness (QED) is 0.935. The molecule has 2 heterocycles. The van der Waals surface area contributed by atoms with Crippen molar-refractivity contribution in [3.8, 4) is 5.75 Å². The molecule has 1 N–H and O–H groups in total. The Morgan fingerprint density at radius 1 is 1.43 bits per heavy atom. The van der Waals surface area contributed by atoms with E-state index >= 15 is 0 Å². The lowest BCUT2D eigenvalue weighted by molar-refractivity contribution is 0.0672. The smallest absolute Gasteiger partial charge is 0.272 e. The molecule has 5 heteroatoms. The van der Waals surface area contributed by atoms with Crippen LogP contribution in [0.4, 0.5) is 0 Å². The zero-order valence-corrected chi connectivity index (χ0v) is 12.0. The standard InChI is InChI=1S/C16H18N2O3/c1-21-13-5-7-14-11(9-13)4-6-15(17-14)16(20)18-8-2-3-12(18)10-19/h4-7,9,12,19H,2-3,8,10H2,1H3/t12-/m1/s1. The van der Waals surface area contributed by atoms with Gasteiger partial charge in [0.25, 0.3) is 5.91 Å². The van der Waals surface area contributed by atoms with Gasteiger partial charge in [-0.25, -0.2) is 4.98 Å². The molecule has 1 saturated heterocycles. The minimum atomic E-state index is -0.107. The van der Waals surface area contributed by atoms with Crippen molar-refractivity contribution in [1.29, 1.82) is 0 Å². The number of aromatic nitrogens is 1. The summed E-state index contributed by atoms with van der Waals surface area (Å²) in [6.45, 7) is 0.697. The first-order chi connectivity index (χ1) is 10.2. The lowest BCUT2D eigenvalue weighted by Gasteiger charge is -2.22. The minimum absolute atomic E-state index is 0.0104. The summed E-state index contributed by atoms with van der Waals surface area (Å²) in [6, 6.07) is 9.10. The van der Waals surface area contributed by atoms with E-state index in [-0.39, 0.29) is 18.6 Å². The van der Waals surface area contributed by atoms with E-state index in [1.165, 1.54) is 0 Å². The van der Waals surface area contributed by atoms with E-state index in [1.807, 2.05) is 24.3 Å². The summed E-state index contributed by atoms with van der Waals surface area (Å²) in [5, 5.41) is 10.3. The topological polar surface area (TPSA) is 62.7 Å². The van der Waals surface area contributed by atoms with Gasteiger partial charge in [-0.3, -0.25) is 4.79 Å². The molecule has 110 valence electrons. The van der Waals surface area contributed by atoms with Crippen molar-refractivity contribution in [2.45, 2.75) is 18.9 Å². The Morgan fingerprint density at radius 2 is 2.29 bits per heavy atom. The van der Waals surface area contributed by atoms with Crippen LogP contribution in [0.2, 0.25) is 0 Å². The number of benzene rings is 1. The molecule has 1 fully saturated rings. The molecule has 1 atom stereocenters. The fourth-order valence-corrected chi connectivity index (χ4v) is 2.79. The van der Waals surface area contributed by atoms with Crippen LogP contribution in [-0.4, -0.2) is 47.2 Å². The highest BCUT2D eigenvalue weighted by Crippen LogP contribution is 2.22. The molecule has 0 radical (unpaired) electrons. The lowest BCUT2D eigenvalue weighted by atomic mass is 10.1. The number of fused-ring (bicyclic) bond motifs is 1. The average molecular weight is 286 g/mol. The normalized spacial score (nSPS) is 18.2. The predicted octanol–water partition coefficient (Wildman–Crippen LogP) is 1.84. The lowest BCUT2D eigenvalue weighted by Crippen LogP contribution is -2.38. The molecule has 1 aromatic heterocycles. The Kier molecular flexibility index (Phi) is 3.75. The monoisotopic (exact) mass is 286 g/mol. The second kappa shape index (κ2) is 5.69. The first-order valence-electron chi connectivity index (χ1n) is 7.09. The van der Waals surface area contributed by atoms with E-state index in [0.717, 1.165) is 29.5 Å². The van der Waals surface area contributed by atoms with Gasteiger partial charge in [-0.1, -0.05) is 6.07 Å². The van der Waals surface area contributed by atoms with E-state index in [1.54, 1.807) is 18.1 Å². The maximum Gasteiger partial charge on any atom is 0.272 e. The largest absolute Gasteiger partial charge is 0.497 e. The van der Waals surface area contributed by atoms with Crippen molar-refractivity contribution in [3.63, 3.8) is 0 Å². The Bertz CT molecular complexity index is 672. The number of carbonyl (C=O) groups is 1. The van der Waals surface area contributed by atoms with Crippen molar-refractivity contribution in [2.75, 3.05) is 20.3 Å². The van der Waals surface area contributed by atoms with E-state index in [0.29, 0.717) is 12.2 Å². The van der Waals surface area contributed by atoms with Gasteiger partial charge < -0.3 is 14.7 Å². The summed E-state index contributed by atoms with van der Waals surface area (Å²) in [7, 11) is 1.62. The Labute approximate surface area is 123 Å². The van der Waals surface area contributed by atoms with E-state index in [4.69, 9.17) is 4.74 Å². The Balaban J connectivity index is 1.92. The maximum atomic E-state index is 12.5. The van der Waals surface area contributed by atoms with Crippen LogP contribution in [0.5, 0.6) is 5.75 Å². The molecule has 0 saturated carbocycles. The molecule has 1 aromatic carbocycles. The molecule has 0 bridgehead atoms. The molecule has 0 aliphatic carbocycles. The number of methoxy groups -OCH3 is 1. The summed E-state index contributed by atoms with van der Waals surface area (Å²) in [4.78, 5) is 18.7. The van der Waals surface area contributed by atoms with Crippen molar-refractivity contribution in [3.05, 3.63) is 36.0 Å². The fourth-order valence-electron chi connectivity index (χ4n) is 2.79.